The number of allylic oxidation sites excluding steroid dienone is 1. The molecule has 4 fully saturated rings. The number of fused-ring (bicyclic) bond motifs is 2. The Kier molecular flexibility index (Phi) is 13.5. The van der Waals surface area contributed by atoms with Gasteiger partial charge in [0.2, 0.25) is 0 Å². The van der Waals surface area contributed by atoms with Gasteiger partial charge in [-0.25, -0.2) is 0 Å². The van der Waals surface area contributed by atoms with Gasteiger partial charge in [0.15, 0.2) is 5.70 Å². The third-order valence-corrected chi connectivity index (χ3v) is 12.8. The minimum Gasteiger partial charge on any atom is -0.588 e. The van der Waals surface area contributed by atoms with Gasteiger partial charge in [0.1, 0.15) is 30.5 Å². The molecule has 17 nitrogen and oxygen atoms in total. The molecule has 0 aromatic rings. The normalized spacial score (nSPS) is 39.7. The van der Waals surface area contributed by atoms with Gasteiger partial charge in [-0.3, -0.25) is 28.8 Å². The van der Waals surface area contributed by atoms with E-state index in [-0.39, 0.29) is 37.3 Å². The van der Waals surface area contributed by atoms with Crippen molar-refractivity contribution in [3.05, 3.63) is 16.8 Å². The summed E-state index contributed by atoms with van der Waals surface area (Å²) in [4.78, 5) is 76.1. The topological polar surface area (TPSA) is 217 Å². The van der Waals surface area contributed by atoms with Crippen molar-refractivity contribution in [3.8, 4) is 0 Å². The molecule has 3 saturated carbocycles. The minimum absolute atomic E-state index is 0.0182. The smallest absolute Gasteiger partial charge is 0.348 e. The first-order valence-corrected chi connectivity index (χ1v) is 20.0. The first-order valence-electron chi connectivity index (χ1n) is 20.0. The highest BCUT2D eigenvalue weighted by Crippen LogP contribution is 2.55. The molecule has 1 saturated heterocycles. The number of ether oxygens (including phenoxy) is 5. The number of carbonyl (C=O) groups is 5. The molecule has 56 heavy (non-hydrogen) atoms. The van der Waals surface area contributed by atoms with Gasteiger partial charge >= 0.3 is 41.4 Å². The summed E-state index contributed by atoms with van der Waals surface area (Å²) in [5.41, 5.74) is -2.35. The Hall–Kier alpha value is -3.35. The summed E-state index contributed by atoms with van der Waals surface area (Å²) in [7, 11) is 1.26. The summed E-state index contributed by atoms with van der Waals surface area (Å²) in [6.45, 7) is 11.9. The van der Waals surface area contributed by atoms with Crippen molar-refractivity contribution in [1.29, 1.82) is 0 Å². The molecule has 5 rings (SSSR count). The van der Waals surface area contributed by atoms with Crippen LogP contribution >= 0.6 is 0 Å². The monoisotopic (exact) mass is 796 g/mol. The molecule has 1 amide bonds. The van der Waals surface area contributed by atoms with Gasteiger partial charge in [0, 0.05) is 45.4 Å². The van der Waals surface area contributed by atoms with E-state index in [1.54, 1.807) is 20.8 Å². The number of aliphatic hydroxyl groups is 2. The second-order valence-corrected chi connectivity index (χ2v) is 16.3. The van der Waals surface area contributed by atoms with Gasteiger partial charge < -0.3 is 39.1 Å². The maximum Gasteiger partial charge on any atom is 0.348 e. The predicted octanol–water partition coefficient (Wildman–Crippen LogP) is 4.24. The van der Waals surface area contributed by atoms with E-state index >= 15 is 5.21 Å². The van der Waals surface area contributed by atoms with Crippen LogP contribution in [-0.4, -0.2) is 105 Å². The number of hydrogen-bond donors (Lipinski definition) is 2. The van der Waals surface area contributed by atoms with E-state index in [2.05, 4.69) is 0 Å². The summed E-state index contributed by atoms with van der Waals surface area (Å²) in [6.07, 6.45) is -4.00. The van der Waals surface area contributed by atoms with Crippen LogP contribution in [0.2, 0.25) is 0 Å². The lowest BCUT2D eigenvalue weighted by Gasteiger charge is -2.61. The van der Waals surface area contributed by atoms with Crippen LogP contribution in [0, 0.1) is 40.7 Å². The Balaban J connectivity index is 1.63. The zero-order valence-corrected chi connectivity index (χ0v) is 34.0. The highest BCUT2D eigenvalue weighted by Gasteiger charge is 2.73. The number of rotatable bonds is 11. The number of amides is 1. The Bertz CT molecular complexity index is 1490. The zero-order chi connectivity index (χ0) is 41.4. The predicted molar refractivity (Wildman–Crippen MR) is 193 cm³/mol. The van der Waals surface area contributed by atoms with E-state index in [9.17, 15) is 34.2 Å². The molecule has 0 aromatic heterocycles. The van der Waals surface area contributed by atoms with E-state index in [1.807, 2.05) is 6.92 Å². The van der Waals surface area contributed by atoms with Crippen LogP contribution in [0.4, 0.5) is 0 Å². The van der Waals surface area contributed by atoms with Gasteiger partial charge in [-0.2, -0.15) is 9.90 Å². The third kappa shape index (κ3) is 7.78. The van der Waals surface area contributed by atoms with Crippen LogP contribution in [-0.2, 0) is 57.3 Å². The maximum absolute atomic E-state index is 15.1. The van der Waals surface area contributed by atoms with Crippen LogP contribution < -0.4 is 0 Å². The van der Waals surface area contributed by atoms with Crippen LogP contribution in [0.15, 0.2) is 11.6 Å². The highest BCUT2D eigenvalue weighted by atomic mass is 17.0. The molecule has 2 N–H and O–H groups in total. The van der Waals surface area contributed by atoms with Crippen LogP contribution in [0.5, 0.6) is 0 Å². The molecular weight excluding hydrogens is 736 g/mol. The Labute approximate surface area is 327 Å². The van der Waals surface area contributed by atoms with E-state index in [1.165, 1.54) is 34.8 Å². The second-order valence-electron chi connectivity index (χ2n) is 16.3. The van der Waals surface area contributed by atoms with Crippen molar-refractivity contribution in [2.75, 3.05) is 7.11 Å². The Morgan fingerprint density at radius 3 is 1.70 bits per heavy atom. The summed E-state index contributed by atoms with van der Waals surface area (Å²) in [5, 5.41) is 38.1. The molecule has 2 heterocycles. The second kappa shape index (κ2) is 17.2. The van der Waals surface area contributed by atoms with Crippen LogP contribution in [0.25, 0.3) is 0 Å². The third-order valence-electron chi connectivity index (χ3n) is 12.8. The van der Waals surface area contributed by atoms with Gasteiger partial charge in [-0.1, -0.05) is 27.7 Å². The maximum atomic E-state index is 15.1. The SMILES string of the molecule is CCC(C)C1=C(O)[N+]2([O-])OC3CCC(C4C(OC(C)=O)C(OC(C)=O)C(C5CCC(O)CC5)C(OC(C)=O)C4OC(C)=O)CC3OC2(C(C)CC)C(=O)N1OC. The van der Waals surface area contributed by atoms with Crippen molar-refractivity contribution in [2.24, 2.45) is 35.5 Å². The number of quaternary nitrogens is 1. The summed E-state index contributed by atoms with van der Waals surface area (Å²) in [6, 6.07) is 0. The van der Waals surface area contributed by atoms with Crippen molar-refractivity contribution in [3.63, 3.8) is 0 Å². The van der Waals surface area contributed by atoms with Crippen molar-refractivity contribution < 1.29 is 72.4 Å². The molecule has 2 aliphatic heterocycles. The molecule has 5 aliphatic rings. The molecule has 0 bridgehead atoms. The van der Waals surface area contributed by atoms with Crippen LogP contribution in [0.1, 0.15) is 113 Å². The lowest BCUT2D eigenvalue weighted by Crippen LogP contribution is -2.79. The van der Waals surface area contributed by atoms with Gasteiger partial charge in [0.25, 0.3) is 0 Å². The molecule has 0 radical (unpaired) electrons. The number of nitrogens with zero attached hydrogens (tertiary/aromatic N) is 2. The van der Waals surface area contributed by atoms with Gasteiger partial charge in [-0.05, 0) is 69.6 Å². The average Bonchev–Trinajstić information content (AvgIpc) is 3.13. The fourth-order valence-corrected chi connectivity index (χ4v) is 10.0. The largest absolute Gasteiger partial charge is 0.588 e. The lowest BCUT2D eigenvalue weighted by molar-refractivity contribution is -1.12. The summed E-state index contributed by atoms with van der Waals surface area (Å²) < 4.78 is 30.9. The Morgan fingerprint density at radius 1 is 0.804 bits per heavy atom. The number of hydrogen-bond acceptors (Lipinski definition) is 15. The molecule has 3 aliphatic carbocycles. The van der Waals surface area contributed by atoms with Crippen molar-refractivity contribution >= 4 is 29.8 Å². The van der Waals surface area contributed by atoms with Gasteiger partial charge in [0.05, 0.1) is 25.2 Å². The quantitative estimate of drug-likeness (QED) is 0.129. The standard InChI is InChI=1S/C39H60N2O15/c1-10-19(3)32-37(47)41(49)39(20(4)11-2,38(48)40(32)50-9)55-29-18-26(14-17-28(29)56-41)31-35(53-23(7)44)33(51-21(5)42)30(25-12-15-27(46)16-13-25)34(52-22(6)43)36(31)54-24(8)45/h19-20,25-31,33-36,46-47H,10-18H2,1-9H3. The first kappa shape index (κ1) is 43.8. The average molecular weight is 797 g/mol. The molecular formula is C39H60N2O15. The fourth-order valence-electron chi connectivity index (χ4n) is 10.0. The number of carbonyl (C=O) groups excluding carboxylic acids is 5. The van der Waals surface area contributed by atoms with Gasteiger partial charge in [-0.15, -0.1) is 4.81 Å². The zero-order valence-electron chi connectivity index (χ0n) is 34.0. The van der Waals surface area contributed by atoms with E-state index in [0.717, 1.165) is 5.06 Å². The molecule has 11 unspecified atom stereocenters. The number of hydroxylamine groups is 6. The Morgan fingerprint density at radius 2 is 1.27 bits per heavy atom. The molecule has 316 valence electrons. The van der Waals surface area contributed by atoms with Crippen molar-refractivity contribution in [1.82, 2.24) is 5.06 Å². The molecule has 0 aromatic carbocycles. The molecule has 17 heteroatoms. The fraction of sp³-hybridized carbons (Fsp3) is 0.821. The summed E-state index contributed by atoms with van der Waals surface area (Å²) in [5.74, 6) is -8.15. The minimum atomic E-state index is -2.33. The first-order chi connectivity index (χ1) is 26.4. The van der Waals surface area contributed by atoms with E-state index in [4.69, 9.17) is 33.4 Å². The molecule has 0 spiro atoms. The van der Waals surface area contributed by atoms with E-state index in [0.29, 0.717) is 32.1 Å². The van der Waals surface area contributed by atoms with E-state index < -0.39 is 119 Å². The lowest BCUT2D eigenvalue weighted by atomic mass is 9.60. The number of esters is 4. The number of aliphatic hydroxyl groups excluding tert-OH is 2. The highest BCUT2D eigenvalue weighted by molar-refractivity contribution is 5.86. The molecule has 11 atom stereocenters. The van der Waals surface area contributed by atoms with Crippen LogP contribution in [0.3, 0.4) is 0 Å². The summed E-state index contributed by atoms with van der Waals surface area (Å²) >= 11 is 0. The van der Waals surface area contributed by atoms with Crippen molar-refractivity contribution in [2.45, 2.75) is 162 Å².